The van der Waals surface area contributed by atoms with E-state index in [4.69, 9.17) is 16.7 Å². The number of carbonyl (C=O) groups is 3. The van der Waals surface area contributed by atoms with Crippen molar-refractivity contribution in [3.8, 4) is 0 Å². The van der Waals surface area contributed by atoms with Gasteiger partial charge in [-0.3, -0.25) is 14.5 Å². The highest BCUT2D eigenvalue weighted by atomic mass is 35.5. The molecular weight excluding hydrogens is 490 g/mol. The van der Waals surface area contributed by atoms with Crippen molar-refractivity contribution in [1.29, 1.82) is 0 Å². The van der Waals surface area contributed by atoms with Gasteiger partial charge in [0.05, 0.1) is 19.0 Å². The molecule has 4 rings (SSSR count). The van der Waals surface area contributed by atoms with Gasteiger partial charge >= 0.3 is 12.0 Å². The first-order valence-corrected chi connectivity index (χ1v) is 13.4. The largest absolute Gasteiger partial charge is 0.481 e. The monoisotopic (exact) mass is 525 g/mol. The van der Waals surface area contributed by atoms with Crippen LogP contribution < -0.4 is 10.2 Å². The molecule has 7 nitrogen and oxygen atoms in total. The van der Waals surface area contributed by atoms with Crippen LogP contribution in [0.15, 0.2) is 48.5 Å². The fourth-order valence-corrected chi connectivity index (χ4v) is 5.71. The Balaban J connectivity index is 1.55. The van der Waals surface area contributed by atoms with E-state index in [-0.39, 0.29) is 42.4 Å². The summed E-state index contributed by atoms with van der Waals surface area (Å²) in [5, 5.41) is 12.0. The third-order valence-corrected chi connectivity index (χ3v) is 8.03. The van der Waals surface area contributed by atoms with Crippen LogP contribution in [-0.4, -0.2) is 47.0 Å². The van der Waals surface area contributed by atoms with Crippen LogP contribution in [0.2, 0.25) is 5.02 Å². The van der Waals surface area contributed by atoms with Crippen molar-refractivity contribution >= 4 is 35.2 Å². The predicted molar refractivity (Wildman–Crippen MR) is 145 cm³/mol. The normalized spacial score (nSPS) is 22.3. The third-order valence-electron chi connectivity index (χ3n) is 7.78. The number of halogens is 1. The first kappa shape index (κ1) is 27.0. The Morgan fingerprint density at radius 1 is 1.00 bits per heavy atom. The van der Waals surface area contributed by atoms with Crippen molar-refractivity contribution < 1.29 is 19.5 Å². The molecule has 1 saturated carbocycles. The number of urea groups is 1. The van der Waals surface area contributed by atoms with Crippen molar-refractivity contribution in [2.24, 2.45) is 11.3 Å². The molecule has 2 aromatic rings. The quantitative estimate of drug-likeness (QED) is 0.455. The second-order valence-corrected chi connectivity index (χ2v) is 11.6. The average molecular weight is 526 g/mol. The lowest BCUT2D eigenvalue weighted by Gasteiger charge is -2.41. The summed E-state index contributed by atoms with van der Waals surface area (Å²) in [4.78, 5) is 40.8. The van der Waals surface area contributed by atoms with Crippen molar-refractivity contribution in [2.75, 3.05) is 18.0 Å². The van der Waals surface area contributed by atoms with Crippen LogP contribution in [-0.2, 0) is 4.79 Å². The molecule has 8 heteroatoms. The molecule has 2 fully saturated rings. The number of carboxylic acids is 1. The molecule has 2 N–H and O–H groups in total. The highest BCUT2D eigenvalue weighted by Crippen LogP contribution is 2.43. The van der Waals surface area contributed by atoms with Crippen LogP contribution in [0.3, 0.4) is 0 Å². The number of hydrogen-bond donors (Lipinski definition) is 2. The van der Waals surface area contributed by atoms with Crippen molar-refractivity contribution in [2.45, 2.75) is 65.0 Å². The highest BCUT2D eigenvalue weighted by molar-refractivity contribution is 6.30. The molecule has 0 radical (unpaired) electrons. The lowest BCUT2D eigenvalue weighted by molar-refractivity contribution is -0.136. The lowest BCUT2D eigenvalue weighted by Crippen LogP contribution is -2.43. The molecular formula is C29H36ClN3O4. The molecule has 1 heterocycles. The van der Waals surface area contributed by atoms with E-state index in [9.17, 15) is 14.4 Å². The van der Waals surface area contributed by atoms with Crippen LogP contribution >= 0.6 is 11.6 Å². The van der Waals surface area contributed by atoms with Gasteiger partial charge in [-0.05, 0) is 79.0 Å². The third kappa shape index (κ3) is 6.27. The lowest BCUT2D eigenvalue weighted by atomic mass is 9.71. The molecule has 37 heavy (non-hydrogen) atoms. The van der Waals surface area contributed by atoms with Gasteiger partial charge in [-0.1, -0.05) is 44.5 Å². The Morgan fingerprint density at radius 2 is 1.62 bits per heavy atom. The molecule has 1 saturated heterocycles. The smallest absolute Gasteiger partial charge is 0.325 e. The van der Waals surface area contributed by atoms with Crippen molar-refractivity contribution in [3.63, 3.8) is 0 Å². The maximum absolute atomic E-state index is 13.8. The molecule has 2 aromatic carbocycles. The van der Waals surface area contributed by atoms with Crippen LogP contribution in [0.25, 0.3) is 0 Å². The van der Waals surface area contributed by atoms with Gasteiger partial charge in [-0.15, -0.1) is 0 Å². The summed E-state index contributed by atoms with van der Waals surface area (Å²) in [5.74, 6) is -0.620. The van der Waals surface area contributed by atoms with Crippen molar-refractivity contribution in [1.82, 2.24) is 10.2 Å². The molecule has 2 aliphatic rings. The second-order valence-electron chi connectivity index (χ2n) is 11.2. The maximum atomic E-state index is 13.8. The number of nitrogens with zero attached hydrogens (tertiary/aromatic N) is 2. The van der Waals surface area contributed by atoms with E-state index in [1.54, 1.807) is 24.3 Å². The summed E-state index contributed by atoms with van der Waals surface area (Å²) in [6.07, 6.45) is 4.02. The number of hydrogen-bond acceptors (Lipinski definition) is 3. The number of carboxylic acid groups (broad SMARTS) is 1. The topological polar surface area (TPSA) is 90.0 Å². The van der Waals surface area contributed by atoms with E-state index in [1.807, 2.05) is 29.2 Å². The zero-order valence-electron chi connectivity index (χ0n) is 21.7. The minimum atomic E-state index is -0.955. The number of rotatable bonds is 7. The average Bonchev–Trinajstić information content (AvgIpc) is 3.20. The maximum Gasteiger partial charge on any atom is 0.325 e. The van der Waals surface area contributed by atoms with Crippen LogP contribution in [0.4, 0.5) is 10.5 Å². The van der Waals surface area contributed by atoms with Gasteiger partial charge in [0.25, 0.3) is 5.91 Å². The van der Waals surface area contributed by atoms with Crippen LogP contribution in [0.5, 0.6) is 0 Å². The number of benzene rings is 2. The van der Waals surface area contributed by atoms with Crippen LogP contribution in [0, 0.1) is 11.3 Å². The first-order chi connectivity index (χ1) is 17.5. The first-order valence-electron chi connectivity index (χ1n) is 13.0. The van der Waals surface area contributed by atoms with E-state index in [2.05, 4.69) is 31.0 Å². The predicted octanol–water partition coefficient (Wildman–Crippen LogP) is 6.13. The van der Waals surface area contributed by atoms with Gasteiger partial charge in [0.15, 0.2) is 0 Å². The fourth-order valence-electron chi connectivity index (χ4n) is 5.59. The second kappa shape index (κ2) is 11.1. The molecule has 3 amide bonds. The molecule has 1 atom stereocenters. The number of anilines is 1. The van der Waals surface area contributed by atoms with Crippen molar-refractivity contribution in [3.05, 3.63) is 64.7 Å². The molecule has 198 valence electrons. The summed E-state index contributed by atoms with van der Waals surface area (Å²) < 4.78 is 0. The Labute approximate surface area is 223 Å². The van der Waals surface area contributed by atoms with Gasteiger partial charge < -0.3 is 15.3 Å². The van der Waals surface area contributed by atoms with Gasteiger partial charge in [0.1, 0.15) is 0 Å². The van der Waals surface area contributed by atoms with Gasteiger partial charge in [-0.2, -0.15) is 0 Å². The molecule has 0 aromatic heterocycles. The molecule has 0 spiro atoms. The summed E-state index contributed by atoms with van der Waals surface area (Å²) in [6.45, 7) is 7.48. The number of nitrogens with one attached hydrogen (secondary N) is 1. The zero-order valence-corrected chi connectivity index (χ0v) is 22.5. The molecule has 1 unspecified atom stereocenters. The Kier molecular flexibility index (Phi) is 8.12. The summed E-state index contributed by atoms with van der Waals surface area (Å²) >= 11 is 6.09. The van der Waals surface area contributed by atoms with Gasteiger partial charge in [-0.25, -0.2) is 4.79 Å². The fraction of sp³-hybridized carbons (Fsp3) is 0.483. The van der Waals surface area contributed by atoms with E-state index < -0.39 is 5.97 Å². The molecule has 1 aliphatic heterocycles. The SMILES string of the molecule is CC(C)(C)C1CCC(N2C(=O)N(c3ccc(Cl)cc3)CC2c2ccc(C(=O)NCCC(=O)O)cc2)CC1. The van der Waals surface area contributed by atoms with Crippen LogP contribution in [0.1, 0.15) is 74.8 Å². The van der Waals surface area contributed by atoms with E-state index in [0.717, 1.165) is 36.9 Å². The Hall–Kier alpha value is -3.06. The number of carbonyl (C=O) groups excluding carboxylic acids is 2. The van der Waals surface area contributed by atoms with E-state index in [1.165, 1.54) is 0 Å². The molecule has 0 bridgehead atoms. The molecule has 1 aliphatic carbocycles. The van der Waals surface area contributed by atoms with E-state index in [0.29, 0.717) is 23.0 Å². The minimum absolute atomic E-state index is 0.00187. The van der Waals surface area contributed by atoms with E-state index >= 15 is 0 Å². The summed E-state index contributed by atoms with van der Waals surface area (Å²) in [6, 6.07) is 14.7. The van der Waals surface area contributed by atoms with Gasteiger partial charge in [0.2, 0.25) is 0 Å². The Bertz CT molecular complexity index is 1120. The summed E-state index contributed by atoms with van der Waals surface area (Å²) in [7, 11) is 0. The Morgan fingerprint density at radius 3 is 2.19 bits per heavy atom. The highest BCUT2D eigenvalue weighted by Gasteiger charge is 2.44. The standard InChI is InChI=1S/C29H36ClN3O4/c1-29(2,3)21-8-12-24(13-9-21)33-25(18-32(28(33)37)23-14-10-22(30)11-15-23)19-4-6-20(7-5-19)27(36)31-17-16-26(34)35/h4-7,10-11,14-15,21,24-25H,8-9,12-13,16-18H2,1-3H3,(H,31,36)(H,34,35). The zero-order chi connectivity index (χ0) is 26.7. The minimum Gasteiger partial charge on any atom is -0.481 e. The number of amides is 3. The summed E-state index contributed by atoms with van der Waals surface area (Å²) in [5.41, 5.74) is 2.52. The van der Waals surface area contributed by atoms with Gasteiger partial charge in [0, 0.05) is 28.9 Å². The number of aliphatic carboxylic acids is 1.